The van der Waals surface area contributed by atoms with Crippen LogP contribution in [0.4, 0.5) is 0 Å². The fraction of sp³-hybridized carbons (Fsp3) is 0.647. The Bertz CT molecular complexity index is 515. The SMILES string of the molecule is CC/C=C\C[C@@H]1C(=O)CC[C@H]1CC(=O)N[C@H](CC(N)=O)C(=O)OC. The summed E-state index contributed by atoms with van der Waals surface area (Å²) < 4.78 is 4.56. The average Bonchev–Trinajstić information content (AvgIpc) is 2.86. The van der Waals surface area contributed by atoms with Gasteiger partial charge < -0.3 is 15.8 Å². The van der Waals surface area contributed by atoms with Gasteiger partial charge in [0.1, 0.15) is 11.8 Å². The number of allylic oxidation sites excluding steroid dienone is 2. The summed E-state index contributed by atoms with van der Waals surface area (Å²) >= 11 is 0. The molecule has 0 unspecified atom stereocenters. The number of nitrogens with two attached hydrogens (primary N) is 1. The van der Waals surface area contributed by atoms with Gasteiger partial charge in [-0.3, -0.25) is 14.4 Å². The second-order valence-electron chi connectivity index (χ2n) is 6.00. The van der Waals surface area contributed by atoms with Gasteiger partial charge in [0.2, 0.25) is 11.8 Å². The molecule has 7 heteroatoms. The van der Waals surface area contributed by atoms with Crippen molar-refractivity contribution in [2.24, 2.45) is 17.6 Å². The van der Waals surface area contributed by atoms with Crippen molar-refractivity contribution in [1.29, 1.82) is 0 Å². The van der Waals surface area contributed by atoms with E-state index in [-0.39, 0.29) is 36.4 Å². The topological polar surface area (TPSA) is 116 Å². The summed E-state index contributed by atoms with van der Waals surface area (Å²) in [5.41, 5.74) is 5.08. The molecule has 0 heterocycles. The Kier molecular flexibility index (Phi) is 8.15. The van der Waals surface area contributed by atoms with Gasteiger partial charge in [-0.05, 0) is 25.2 Å². The van der Waals surface area contributed by atoms with Gasteiger partial charge in [0.15, 0.2) is 0 Å². The Hall–Kier alpha value is -2.18. The number of carbonyl (C=O) groups excluding carboxylic acids is 4. The lowest BCUT2D eigenvalue weighted by atomic mass is 9.89. The molecule has 24 heavy (non-hydrogen) atoms. The second-order valence-corrected chi connectivity index (χ2v) is 6.00. The van der Waals surface area contributed by atoms with Crippen molar-refractivity contribution in [2.45, 2.75) is 51.5 Å². The lowest BCUT2D eigenvalue weighted by Gasteiger charge is -2.19. The minimum atomic E-state index is -1.09. The number of Topliss-reactive ketones (excluding diaryl/α,β-unsaturated/α-hetero) is 1. The van der Waals surface area contributed by atoms with E-state index in [1.807, 2.05) is 19.1 Å². The fourth-order valence-corrected chi connectivity index (χ4v) is 2.98. The van der Waals surface area contributed by atoms with Gasteiger partial charge in [0, 0.05) is 18.8 Å². The third-order valence-corrected chi connectivity index (χ3v) is 4.21. The highest BCUT2D eigenvalue weighted by Gasteiger charge is 2.35. The van der Waals surface area contributed by atoms with Crippen molar-refractivity contribution in [3.8, 4) is 0 Å². The molecule has 3 N–H and O–H groups in total. The van der Waals surface area contributed by atoms with Gasteiger partial charge in [-0.1, -0.05) is 19.1 Å². The number of ether oxygens (including phenoxy) is 1. The number of hydrogen-bond donors (Lipinski definition) is 2. The molecule has 1 rings (SSSR count). The summed E-state index contributed by atoms with van der Waals surface area (Å²) in [4.78, 5) is 46.8. The summed E-state index contributed by atoms with van der Waals surface area (Å²) in [6.07, 6.45) is 6.48. The molecule has 0 aromatic carbocycles. The maximum atomic E-state index is 12.2. The van der Waals surface area contributed by atoms with Crippen LogP contribution in [0.3, 0.4) is 0 Å². The largest absolute Gasteiger partial charge is 0.467 e. The second kappa shape index (κ2) is 9.85. The van der Waals surface area contributed by atoms with Crippen molar-refractivity contribution in [3.63, 3.8) is 0 Å². The van der Waals surface area contributed by atoms with Crippen molar-refractivity contribution in [3.05, 3.63) is 12.2 Å². The van der Waals surface area contributed by atoms with Crippen molar-refractivity contribution >= 4 is 23.6 Å². The molecule has 1 fully saturated rings. The molecular weight excluding hydrogens is 312 g/mol. The molecule has 1 aliphatic carbocycles. The van der Waals surface area contributed by atoms with E-state index in [0.29, 0.717) is 19.3 Å². The van der Waals surface area contributed by atoms with Crippen LogP contribution in [0.25, 0.3) is 0 Å². The maximum absolute atomic E-state index is 12.2. The van der Waals surface area contributed by atoms with E-state index in [1.54, 1.807) is 0 Å². The van der Waals surface area contributed by atoms with Gasteiger partial charge in [-0.2, -0.15) is 0 Å². The Balaban J connectivity index is 2.63. The normalized spacial score (nSPS) is 21.7. The predicted molar refractivity (Wildman–Crippen MR) is 87.6 cm³/mol. The summed E-state index contributed by atoms with van der Waals surface area (Å²) in [5.74, 6) is -1.83. The van der Waals surface area contributed by atoms with Gasteiger partial charge in [-0.25, -0.2) is 4.79 Å². The number of hydrogen-bond acceptors (Lipinski definition) is 5. The Morgan fingerprint density at radius 2 is 2.08 bits per heavy atom. The average molecular weight is 338 g/mol. The summed E-state index contributed by atoms with van der Waals surface area (Å²) in [5, 5.41) is 2.48. The molecule has 0 radical (unpaired) electrons. The fourth-order valence-electron chi connectivity index (χ4n) is 2.98. The van der Waals surface area contributed by atoms with Crippen LogP contribution in [0.15, 0.2) is 12.2 Å². The van der Waals surface area contributed by atoms with Gasteiger partial charge >= 0.3 is 5.97 Å². The smallest absolute Gasteiger partial charge is 0.328 e. The number of carbonyl (C=O) groups is 4. The lowest BCUT2D eigenvalue weighted by molar-refractivity contribution is -0.146. The number of amides is 2. The van der Waals surface area contributed by atoms with Crippen LogP contribution in [0.1, 0.15) is 45.4 Å². The molecule has 3 atom stereocenters. The first kappa shape index (κ1) is 19.9. The van der Waals surface area contributed by atoms with E-state index in [4.69, 9.17) is 5.73 Å². The highest BCUT2D eigenvalue weighted by atomic mass is 16.5. The Morgan fingerprint density at radius 3 is 2.67 bits per heavy atom. The summed E-state index contributed by atoms with van der Waals surface area (Å²) in [6, 6.07) is -1.09. The van der Waals surface area contributed by atoms with Crippen molar-refractivity contribution in [2.75, 3.05) is 7.11 Å². The third-order valence-electron chi connectivity index (χ3n) is 4.21. The summed E-state index contributed by atoms with van der Waals surface area (Å²) in [7, 11) is 1.17. The van der Waals surface area contributed by atoms with Crippen LogP contribution in [0, 0.1) is 11.8 Å². The lowest BCUT2D eigenvalue weighted by Crippen LogP contribution is -2.44. The van der Waals surface area contributed by atoms with Gasteiger partial charge in [0.25, 0.3) is 0 Å². The van der Waals surface area contributed by atoms with Crippen LogP contribution < -0.4 is 11.1 Å². The number of primary amides is 1. The molecule has 0 saturated heterocycles. The standard InChI is InChI=1S/C17H26N2O5/c1-3-4-5-6-12-11(7-8-14(12)20)9-16(22)19-13(10-15(18)21)17(23)24-2/h4-5,11-13H,3,6-10H2,1-2H3,(H2,18,21)(H,19,22)/b5-4-/t11-,12-,13+/m0/s1. The number of ketones is 1. The summed E-state index contributed by atoms with van der Waals surface area (Å²) in [6.45, 7) is 2.02. The van der Waals surface area contributed by atoms with E-state index >= 15 is 0 Å². The van der Waals surface area contributed by atoms with Crippen LogP contribution in [-0.2, 0) is 23.9 Å². The Morgan fingerprint density at radius 1 is 1.38 bits per heavy atom. The molecule has 0 aliphatic heterocycles. The number of esters is 1. The van der Waals surface area contributed by atoms with Crippen LogP contribution in [0.2, 0.25) is 0 Å². The number of nitrogens with one attached hydrogen (secondary N) is 1. The molecule has 0 aromatic rings. The van der Waals surface area contributed by atoms with E-state index in [9.17, 15) is 19.2 Å². The molecule has 0 spiro atoms. The van der Waals surface area contributed by atoms with E-state index in [2.05, 4.69) is 10.1 Å². The van der Waals surface area contributed by atoms with Gasteiger partial charge in [0.05, 0.1) is 13.5 Å². The molecule has 1 saturated carbocycles. The molecule has 134 valence electrons. The first-order valence-corrected chi connectivity index (χ1v) is 8.22. The molecular formula is C17H26N2O5. The first-order valence-electron chi connectivity index (χ1n) is 8.22. The van der Waals surface area contributed by atoms with Crippen molar-refractivity contribution < 1.29 is 23.9 Å². The van der Waals surface area contributed by atoms with Crippen LogP contribution in [0.5, 0.6) is 0 Å². The van der Waals surface area contributed by atoms with Crippen LogP contribution >= 0.6 is 0 Å². The zero-order valence-electron chi connectivity index (χ0n) is 14.2. The number of methoxy groups -OCH3 is 1. The Labute approximate surface area is 142 Å². The first-order chi connectivity index (χ1) is 11.4. The quantitative estimate of drug-likeness (QED) is 0.478. The highest BCUT2D eigenvalue weighted by Crippen LogP contribution is 2.34. The van der Waals surface area contributed by atoms with Crippen molar-refractivity contribution in [1.82, 2.24) is 5.32 Å². The number of rotatable bonds is 9. The molecule has 0 bridgehead atoms. The monoisotopic (exact) mass is 338 g/mol. The highest BCUT2D eigenvalue weighted by molar-refractivity contribution is 5.90. The zero-order chi connectivity index (χ0) is 18.1. The van der Waals surface area contributed by atoms with E-state index in [0.717, 1.165) is 6.42 Å². The third kappa shape index (κ3) is 6.14. The van der Waals surface area contributed by atoms with E-state index in [1.165, 1.54) is 7.11 Å². The minimum absolute atomic E-state index is 0.0501. The van der Waals surface area contributed by atoms with Gasteiger partial charge in [-0.15, -0.1) is 0 Å². The van der Waals surface area contributed by atoms with E-state index < -0.39 is 17.9 Å². The minimum Gasteiger partial charge on any atom is -0.467 e. The molecule has 7 nitrogen and oxygen atoms in total. The molecule has 0 aromatic heterocycles. The maximum Gasteiger partial charge on any atom is 0.328 e. The zero-order valence-corrected chi connectivity index (χ0v) is 14.2. The molecule has 2 amide bonds. The predicted octanol–water partition coefficient (Wildman–Crippen LogP) is 0.861. The van der Waals surface area contributed by atoms with Crippen LogP contribution in [-0.4, -0.2) is 36.7 Å². The molecule has 1 aliphatic rings.